The van der Waals surface area contributed by atoms with Crippen LogP contribution in [0, 0.1) is 0 Å². The Labute approximate surface area is 155 Å². The van der Waals surface area contributed by atoms with Crippen molar-refractivity contribution in [2.45, 2.75) is 16.9 Å². The molecule has 0 bridgehead atoms. The Kier molecular flexibility index (Phi) is 5.49. The molecular formula is C19H20N2O4S. The van der Waals surface area contributed by atoms with Crippen LogP contribution >= 0.6 is 11.8 Å². The number of hydrogen-bond acceptors (Lipinski definition) is 5. The maximum absolute atomic E-state index is 12.1. The van der Waals surface area contributed by atoms with Crippen LogP contribution in [0.5, 0.6) is 5.75 Å². The topological polar surface area (TPSA) is 87.7 Å². The molecule has 26 heavy (non-hydrogen) atoms. The quantitative estimate of drug-likeness (QED) is 0.565. The van der Waals surface area contributed by atoms with Gasteiger partial charge in [-0.2, -0.15) is 0 Å². The molecule has 1 aliphatic rings. The summed E-state index contributed by atoms with van der Waals surface area (Å²) in [6.45, 7) is 0.279. The Hall–Kier alpha value is -2.51. The second-order valence-corrected chi connectivity index (χ2v) is 6.87. The molecular weight excluding hydrogens is 352 g/mol. The molecule has 1 heterocycles. The zero-order valence-electron chi connectivity index (χ0n) is 14.3. The van der Waals surface area contributed by atoms with Gasteiger partial charge in [-0.05, 0) is 30.5 Å². The highest BCUT2D eigenvalue weighted by atomic mass is 32.2. The van der Waals surface area contributed by atoms with Gasteiger partial charge in [0.1, 0.15) is 11.4 Å². The molecule has 0 radical (unpaired) electrons. The second-order valence-electron chi connectivity index (χ2n) is 5.99. The van der Waals surface area contributed by atoms with Crippen molar-refractivity contribution in [3.63, 3.8) is 0 Å². The van der Waals surface area contributed by atoms with E-state index in [2.05, 4.69) is 10.6 Å². The zero-order chi connectivity index (χ0) is 18.6. The standard InChI is InChI=1S/C19H20N2O4S/c1-26-14-6-4-5-13(11-14)21-18(23)17(22)20-12-19(24)9-10-25-16-8-3-2-7-15(16)19/h2-8,11,24H,9-10,12H2,1H3,(H,20,22)(H,21,23). The molecule has 1 atom stereocenters. The number of amides is 2. The number of benzene rings is 2. The monoisotopic (exact) mass is 372 g/mol. The number of para-hydroxylation sites is 1. The molecule has 2 aromatic rings. The highest BCUT2D eigenvalue weighted by Gasteiger charge is 2.36. The van der Waals surface area contributed by atoms with Crippen LogP contribution in [-0.2, 0) is 15.2 Å². The fourth-order valence-corrected chi connectivity index (χ4v) is 3.28. The predicted molar refractivity (Wildman–Crippen MR) is 100 cm³/mol. The van der Waals surface area contributed by atoms with Crippen molar-refractivity contribution >= 4 is 29.3 Å². The van der Waals surface area contributed by atoms with Crippen molar-refractivity contribution in [1.82, 2.24) is 5.32 Å². The number of ether oxygens (including phenoxy) is 1. The molecule has 6 nitrogen and oxygen atoms in total. The first-order valence-corrected chi connectivity index (χ1v) is 9.42. The summed E-state index contributed by atoms with van der Waals surface area (Å²) < 4.78 is 5.52. The Morgan fingerprint density at radius 2 is 2.00 bits per heavy atom. The van der Waals surface area contributed by atoms with Gasteiger partial charge in [0.2, 0.25) is 0 Å². The number of hydrogen-bond donors (Lipinski definition) is 3. The molecule has 0 fully saturated rings. The first kappa shape index (κ1) is 18.3. The summed E-state index contributed by atoms with van der Waals surface area (Å²) in [4.78, 5) is 25.2. The molecule has 2 aromatic carbocycles. The van der Waals surface area contributed by atoms with E-state index in [4.69, 9.17) is 4.74 Å². The van der Waals surface area contributed by atoms with Gasteiger partial charge in [0.15, 0.2) is 0 Å². The maximum Gasteiger partial charge on any atom is 0.313 e. The summed E-state index contributed by atoms with van der Waals surface area (Å²) in [5.41, 5.74) is -0.101. The van der Waals surface area contributed by atoms with Crippen molar-refractivity contribution in [2.75, 3.05) is 24.7 Å². The number of nitrogens with one attached hydrogen (secondary N) is 2. The van der Waals surface area contributed by atoms with E-state index >= 15 is 0 Å². The lowest BCUT2D eigenvalue weighted by molar-refractivity contribution is -0.137. The van der Waals surface area contributed by atoms with Crippen LogP contribution in [0.1, 0.15) is 12.0 Å². The van der Waals surface area contributed by atoms with E-state index in [1.165, 1.54) is 0 Å². The van der Waals surface area contributed by atoms with E-state index in [0.29, 0.717) is 30.0 Å². The molecule has 0 aliphatic carbocycles. The minimum atomic E-state index is -1.26. The largest absolute Gasteiger partial charge is 0.493 e. The van der Waals surface area contributed by atoms with Crippen molar-refractivity contribution < 1.29 is 19.4 Å². The lowest BCUT2D eigenvalue weighted by atomic mass is 9.88. The summed E-state index contributed by atoms with van der Waals surface area (Å²) in [6.07, 6.45) is 2.27. The molecule has 3 N–H and O–H groups in total. The zero-order valence-corrected chi connectivity index (χ0v) is 15.1. The summed E-state index contributed by atoms with van der Waals surface area (Å²) in [5, 5.41) is 16.0. The minimum absolute atomic E-state index is 0.0650. The first-order valence-electron chi connectivity index (χ1n) is 8.20. The van der Waals surface area contributed by atoms with Crippen molar-refractivity contribution in [3.05, 3.63) is 54.1 Å². The SMILES string of the molecule is CSc1cccc(NC(=O)C(=O)NCC2(O)CCOc3ccccc32)c1. The van der Waals surface area contributed by atoms with E-state index in [1.54, 1.807) is 48.2 Å². The summed E-state index contributed by atoms with van der Waals surface area (Å²) in [6, 6.07) is 14.4. The van der Waals surface area contributed by atoms with Crippen LogP contribution in [0.15, 0.2) is 53.4 Å². The Morgan fingerprint density at radius 3 is 2.81 bits per heavy atom. The van der Waals surface area contributed by atoms with E-state index < -0.39 is 17.4 Å². The van der Waals surface area contributed by atoms with Crippen LogP contribution in [0.4, 0.5) is 5.69 Å². The third kappa shape index (κ3) is 4.00. The van der Waals surface area contributed by atoms with E-state index in [0.717, 1.165) is 4.90 Å². The van der Waals surface area contributed by atoms with Crippen LogP contribution in [0.3, 0.4) is 0 Å². The number of carbonyl (C=O) groups excluding carboxylic acids is 2. The van der Waals surface area contributed by atoms with Gasteiger partial charge in [-0.15, -0.1) is 11.8 Å². The average Bonchev–Trinajstić information content (AvgIpc) is 2.66. The van der Waals surface area contributed by atoms with E-state index in [1.807, 2.05) is 18.4 Å². The number of anilines is 1. The van der Waals surface area contributed by atoms with Crippen LogP contribution < -0.4 is 15.4 Å². The first-order chi connectivity index (χ1) is 12.5. The molecule has 3 rings (SSSR count). The molecule has 0 saturated heterocycles. The van der Waals surface area contributed by atoms with Gasteiger partial charge in [0.05, 0.1) is 13.2 Å². The minimum Gasteiger partial charge on any atom is -0.493 e. The van der Waals surface area contributed by atoms with Crippen LogP contribution in [0.25, 0.3) is 0 Å². The van der Waals surface area contributed by atoms with Gasteiger partial charge in [-0.1, -0.05) is 24.3 Å². The molecule has 1 aliphatic heterocycles. The number of rotatable bonds is 4. The lowest BCUT2D eigenvalue weighted by Gasteiger charge is -2.34. The van der Waals surface area contributed by atoms with E-state index in [9.17, 15) is 14.7 Å². The molecule has 7 heteroatoms. The Balaban J connectivity index is 1.62. The van der Waals surface area contributed by atoms with Crippen LogP contribution in [-0.4, -0.2) is 36.3 Å². The summed E-state index contributed by atoms with van der Waals surface area (Å²) in [7, 11) is 0. The van der Waals surface area contributed by atoms with Crippen molar-refractivity contribution in [3.8, 4) is 5.75 Å². The molecule has 1 unspecified atom stereocenters. The molecule has 0 aromatic heterocycles. The Bertz CT molecular complexity index is 827. The summed E-state index contributed by atoms with van der Waals surface area (Å²) in [5.74, 6) is -0.974. The third-order valence-electron chi connectivity index (χ3n) is 4.24. The summed E-state index contributed by atoms with van der Waals surface area (Å²) >= 11 is 1.54. The lowest BCUT2D eigenvalue weighted by Crippen LogP contribution is -2.46. The van der Waals surface area contributed by atoms with Crippen molar-refractivity contribution in [2.24, 2.45) is 0 Å². The normalized spacial score (nSPS) is 18.4. The highest BCUT2D eigenvalue weighted by molar-refractivity contribution is 7.98. The fourth-order valence-electron chi connectivity index (χ4n) is 2.82. The molecule has 0 spiro atoms. The van der Waals surface area contributed by atoms with Crippen LogP contribution in [0.2, 0.25) is 0 Å². The Morgan fingerprint density at radius 1 is 1.19 bits per heavy atom. The highest BCUT2D eigenvalue weighted by Crippen LogP contribution is 2.36. The molecule has 136 valence electrons. The van der Waals surface area contributed by atoms with Gasteiger partial charge in [0, 0.05) is 22.6 Å². The maximum atomic E-state index is 12.1. The third-order valence-corrected chi connectivity index (χ3v) is 4.96. The average molecular weight is 372 g/mol. The van der Waals surface area contributed by atoms with Gasteiger partial charge < -0.3 is 20.5 Å². The van der Waals surface area contributed by atoms with Gasteiger partial charge in [0.25, 0.3) is 0 Å². The number of thioether (sulfide) groups is 1. The van der Waals surface area contributed by atoms with Gasteiger partial charge in [-0.25, -0.2) is 0 Å². The van der Waals surface area contributed by atoms with Gasteiger partial charge >= 0.3 is 11.8 Å². The van der Waals surface area contributed by atoms with Crippen molar-refractivity contribution in [1.29, 1.82) is 0 Å². The van der Waals surface area contributed by atoms with Gasteiger partial charge in [-0.3, -0.25) is 9.59 Å². The van der Waals surface area contributed by atoms with E-state index in [-0.39, 0.29) is 6.54 Å². The fraction of sp³-hybridized carbons (Fsp3) is 0.263. The smallest absolute Gasteiger partial charge is 0.313 e. The molecule has 2 amide bonds. The second kappa shape index (κ2) is 7.80. The molecule has 0 saturated carbocycles. The number of carbonyl (C=O) groups is 2. The number of aliphatic hydroxyl groups is 1. The predicted octanol–water partition coefficient (Wildman–Crippen LogP) is 2.13. The number of fused-ring (bicyclic) bond motifs is 1.